The van der Waals surface area contributed by atoms with Crippen LogP contribution in [-0.2, 0) is 29.6 Å². The van der Waals surface area contributed by atoms with Crippen molar-refractivity contribution in [3.63, 3.8) is 0 Å². The highest BCUT2D eigenvalue weighted by molar-refractivity contribution is 7.91. The van der Waals surface area contributed by atoms with Crippen LogP contribution in [0.25, 0.3) is 0 Å². The van der Waals surface area contributed by atoms with E-state index in [1.54, 1.807) is 49.5 Å². The van der Waals surface area contributed by atoms with Crippen molar-refractivity contribution in [1.29, 1.82) is 0 Å². The van der Waals surface area contributed by atoms with Gasteiger partial charge in [-0.2, -0.15) is 0 Å². The summed E-state index contributed by atoms with van der Waals surface area (Å²) in [5, 5.41) is 0. The van der Waals surface area contributed by atoms with E-state index >= 15 is 4.39 Å². The van der Waals surface area contributed by atoms with Gasteiger partial charge in [-0.05, 0) is 142 Å². The Morgan fingerprint density at radius 3 is 2.29 bits per heavy atom. The lowest BCUT2D eigenvalue weighted by Crippen LogP contribution is -2.58. The quantitative estimate of drug-likeness (QED) is 0.134. The third-order valence-corrected chi connectivity index (χ3v) is 14.9. The Morgan fingerprint density at radius 1 is 0.909 bits per heavy atom. The summed E-state index contributed by atoms with van der Waals surface area (Å²) in [7, 11) is -0.711. The van der Waals surface area contributed by atoms with Gasteiger partial charge < -0.3 is 24.3 Å². The molecule has 3 heterocycles. The number of anilines is 2. The number of hydrogen-bond donors (Lipinski definition) is 0. The van der Waals surface area contributed by atoms with Gasteiger partial charge in [-0.25, -0.2) is 12.8 Å². The number of piperidine rings is 1. The van der Waals surface area contributed by atoms with E-state index in [2.05, 4.69) is 27.3 Å². The van der Waals surface area contributed by atoms with Crippen LogP contribution in [0.15, 0.2) is 95.2 Å². The standard InChI is InChI=1S/C44H55FN4O5S/c1-4-42(50)46(2)38-12-7-13-40(27-38)55(52,53)39-17-15-37(16-18-39)49-29-32(30-49)28-47-23-19-34(20-24-47)44(31-48-21-8-22-48,35-10-6-11-36(45)26-35)41-14-5-9-33(41)25-43(51)54-3/h4,6-7,10-13,15-18,26-27,32-34,41H,1,5,8-9,14,19-25,28-31H2,2-3H3/t33-,41+,44+/m1/s1. The number of ether oxygens (including phenoxy) is 1. The third kappa shape index (κ3) is 8.11. The van der Waals surface area contributed by atoms with E-state index in [1.165, 1.54) is 30.6 Å². The topological polar surface area (TPSA) is 90.5 Å². The zero-order valence-electron chi connectivity index (χ0n) is 32.2. The molecule has 3 saturated heterocycles. The molecule has 4 aliphatic rings. The average Bonchev–Trinajstić information content (AvgIpc) is 3.63. The summed E-state index contributed by atoms with van der Waals surface area (Å²) in [4.78, 5) is 33.9. The molecule has 4 fully saturated rings. The number of hydrogen-bond acceptors (Lipinski definition) is 8. The average molecular weight is 771 g/mol. The summed E-state index contributed by atoms with van der Waals surface area (Å²) in [6.45, 7) is 11.4. The number of esters is 1. The van der Waals surface area contributed by atoms with E-state index in [-0.39, 0.29) is 38.8 Å². The fourth-order valence-corrected chi connectivity index (χ4v) is 11.3. The van der Waals surface area contributed by atoms with Crippen LogP contribution in [0.1, 0.15) is 50.5 Å². The Morgan fingerprint density at radius 2 is 1.64 bits per heavy atom. The van der Waals surface area contributed by atoms with E-state index in [4.69, 9.17) is 4.74 Å². The minimum Gasteiger partial charge on any atom is -0.469 e. The SMILES string of the molecule is C=CC(=O)N(C)c1cccc(S(=O)(=O)c2ccc(N3CC(CN4CCC([C@@](CN5CCC5)(c5cccc(F)c5)[C@H]5CCC[C@@H]5CC(=O)OC)CC4)C3)cc2)c1. The van der Waals surface area contributed by atoms with Crippen molar-refractivity contribution in [2.24, 2.45) is 23.7 Å². The summed E-state index contributed by atoms with van der Waals surface area (Å²) in [6.07, 6.45) is 8.06. The fourth-order valence-electron chi connectivity index (χ4n) is 10.0. The molecule has 0 unspecified atom stereocenters. The summed E-state index contributed by atoms with van der Waals surface area (Å²) < 4.78 is 47.2. The molecule has 3 atom stereocenters. The minimum atomic E-state index is -3.78. The smallest absolute Gasteiger partial charge is 0.305 e. The van der Waals surface area contributed by atoms with Crippen molar-refractivity contribution in [2.75, 3.05) is 76.3 Å². The molecule has 3 aromatic carbocycles. The lowest BCUT2D eigenvalue weighted by molar-refractivity contribution is -0.142. The number of carbonyl (C=O) groups excluding carboxylic acids is 2. The monoisotopic (exact) mass is 770 g/mol. The highest BCUT2D eigenvalue weighted by Gasteiger charge is 2.53. The molecule has 0 radical (unpaired) electrons. The van der Waals surface area contributed by atoms with Crippen molar-refractivity contribution in [3.8, 4) is 0 Å². The van der Waals surface area contributed by atoms with Gasteiger partial charge in [0.05, 0.1) is 16.9 Å². The lowest BCUT2D eigenvalue weighted by Gasteiger charge is -2.54. The first-order valence-corrected chi connectivity index (χ1v) is 21.4. The van der Waals surface area contributed by atoms with E-state index in [0.29, 0.717) is 29.9 Å². The van der Waals surface area contributed by atoms with Gasteiger partial charge in [-0.15, -0.1) is 0 Å². The van der Waals surface area contributed by atoms with Gasteiger partial charge in [0.15, 0.2) is 0 Å². The maximum absolute atomic E-state index is 15.0. The van der Waals surface area contributed by atoms with Crippen LogP contribution < -0.4 is 9.80 Å². The molecule has 0 bridgehead atoms. The van der Waals surface area contributed by atoms with Gasteiger partial charge in [0.25, 0.3) is 0 Å². The molecular weight excluding hydrogens is 716 g/mol. The number of rotatable bonds is 14. The molecule has 7 rings (SSSR count). The van der Waals surface area contributed by atoms with Crippen molar-refractivity contribution in [1.82, 2.24) is 9.80 Å². The van der Waals surface area contributed by atoms with E-state index in [1.807, 2.05) is 18.2 Å². The molecule has 9 nitrogen and oxygen atoms in total. The molecule has 0 spiro atoms. The van der Waals surface area contributed by atoms with Crippen LogP contribution in [0.2, 0.25) is 0 Å². The molecule has 3 aromatic rings. The summed E-state index contributed by atoms with van der Waals surface area (Å²) >= 11 is 0. The summed E-state index contributed by atoms with van der Waals surface area (Å²) in [5.74, 6) is 0.791. The van der Waals surface area contributed by atoms with Crippen LogP contribution in [0.5, 0.6) is 0 Å². The first kappa shape index (κ1) is 39.2. The van der Waals surface area contributed by atoms with Crippen LogP contribution in [0.4, 0.5) is 15.8 Å². The molecule has 55 heavy (non-hydrogen) atoms. The van der Waals surface area contributed by atoms with E-state index in [0.717, 1.165) is 95.7 Å². The molecule has 294 valence electrons. The van der Waals surface area contributed by atoms with E-state index in [9.17, 15) is 18.0 Å². The predicted octanol–water partition coefficient (Wildman–Crippen LogP) is 6.58. The third-order valence-electron chi connectivity index (χ3n) is 13.1. The zero-order valence-corrected chi connectivity index (χ0v) is 33.1. The number of sulfone groups is 1. The molecule has 1 aliphatic carbocycles. The number of carbonyl (C=O) groups is 2. The van der Waals surface area contributed by atoms with Crippen molar-refractivity contribution >= 4 is 33.1 Å². The molecule has 1 saturated carbocycles. The number of benzene rings is 3. The Labute approximate surface area is 326 Å². The van der Waals surface area contributed by atoms with Crippen LogP contribution in [0.3, 0.4) is 0 Å². The maximum atomic E-state index is 15.0. The first-order chi connectivity index (χ1) is 26.5. The maximum Gasteiger partial charge on any atom is 0.305 e. The van der Waals surface area contributed by atoms with Gasteiger partial charge in [0.1, 0.15) is 5.82 Å². The number of nitrogens with zero attached hydrogens (tertiary/aromatic N) is 4. The van der Waals surface area contributed by atoms with Gasteiger partial charge in [0, 0.05) is 62.4 Å². The molecule has 0 N–H and O–H groups in total. The Bertz CT molecular complexity index is 1960. The summed E-state index contributed by atoms with van der Waals surface area (Å²) in [5.41, 5.74) is 2.37. The van der Waals surface area contributed by atoms with Gasteiger partial charge in [-0.3, -0.25) is 9.59 Å². The number of halogens is 1. The molecular formula is C44H55FN4O5S. The zero-order chi connectivity index (χ0) is 38.7. The first-order valence-electron chi connectivity index (χ1n) is 19.9. The highest BCUT2D eigenvalue weighted by atomic mass is 32.2. The lowest BCUT2D eigenvalue weighted by atomic mass is 9.56. The number of amides is 1. The van der Waals surface area contributed by atoms with E-state index < -0.39 is 9.84 Å². The van der Waals surface area contributed by atoms with Crippen molar-refractivity contribution in [3.05, 3.63) is 96.8 Å². The van der Waals surface area contributed by atoms with Crippen molar-refractivity contribution in [2.45, 2.75) is 60.2 Å². The normalized spacial score (nSPS) is 22.3. The highest BCUT2D eigenvalue weighted by Crippen LogP contribution is 2.54. The molecule has 0 aromatic heterocycles. The van der Waals surface area contributed by atoms with Crippen molar-refractivity contribution < 1.29 is 27.1 Å². The van der Waals surface area contributed by atoms with Crippen LogP contribution in [-0.4, -0.2) is 96.6 Å². The second-order valence-corrected chi connectivity index (χ2v) is 18.1. The number of likely N-dealkylation sites (N-methyl/N-ethyl adjacent to an activating group) is 1. The van der Waals surface area contributed by atoms with Gasteiger partial charge in [0.2, 0.25) is 15.7 Å². The van der Waals surface area contributed by atoms with Gasteiger partial charge >= 0.3 is 5.97 Å². The van der Waals surface area contributed by atoms with Crippen LogP contribution >= 0.6 is 0 Å². The Kier molecular flexibility index (Phi) is 11.8. The second kappa shape index (κ2) is 16.6. The van der Waals surface area contributed by atoms with Crippen LogP contribution in [0, 0.1) is 29.5 Å². The summed E-state index contributed by atoms with van der Waals surface area (Å²) in [6, 6.07) is 20.8. The minimum absolute atomic E-state index is 0.132. The second-order valence-electron chi connectivity index (χ2n) is 16.2. The Hall–Kier alpha value is -4.06. The largest absolute Gasteiger partial charge is 0.469 e. The van der Waals surface area contributed by atoms with Gasteiger partial charge in [-0.1, -0.05) is 31.2 Å². The Balaban J connectivity index is 0.992. The number of methoxy groups -OCH3 is 1. The molecule has 11 heteroatoms. The number of likely N-dealkylation sites (tertiary alicyclic amines) is 2. The molecule has 1 amide bonds. The fraction of sp³-hybridized carbons (Fsp3) is 0.500. The predicted molar refractivity (Wildman–Crippen MR) is 213 cm³/mol. The molecule has 3 aliphatic heterocycles.